The number of phenols is 1. The number of halogens is 1. The number of rotatable bonds is 2. The second-order valence-electron chi connectivity index (χ2n) is 5.30. The standard InChI is InChI=1S/C14H18BrN3O2/c15-10-1-2-12(13(19)7-10)14(20)18-5-3-17(4-6-18)11-8-16-9-11/h1-2,7,11,16,19H,3-6,8-9H2. The zero-order valence-electron chi connectivity index (χ0n) is 11.2. The Bertz CT molecular complexity index is 511. The first kappa shape index (κ1) is 13.9. The van der Waals surface area contributed by atoms with Crippen LogP contribution in [0.3, 0.4) is 0 Å². The van der Waals surface area contributed by atoms with Crippen LogP contribution < -0.4 is 5.32 Å². The molecule has 2 aliphatic heterocycles. The van der Waals surface area contributed by atoms with Crippen molar-refractivity contribution in [3.8, 4) is 5.75 Å². The molecular formula is C14H18BrN3O2. The minimum absolute atomic E-state index is 0.0370. The topological polar surface area (TPSA) is 55.8 Å². The summed E-state index contributed by atoms with van der Waals surface area (Å²) >= 11 is 3.28. The Kier molecular flexibility index (Phi) is 3.96. The van der Waals surface area contributed by atoms with Gasteiger partial charge in [0.1, 0.15) is 5.75 Å². The zero-order valence-corrected chi connectivity index (χ0v) is 12.8. The summed E-state index contributed by atoms with van der Waals surface area (Å²) in [6, 6.07) is 5.64. The summed E-state index contributed by atoms with van der Waals surface area (Å²) in [7, 11) is 0. The van der Waals surface area contributed by atoms with E-state index in [9.17, 15) is 9.90 Å². The smallest absolute Gasteiger partial charge is 0.257 e. The molecule has 0 unspecified atom stereocenters. The number of amides is 1. The van der Waals surface area contributed by atoms with Crippen LogP contribution in [0.25, 0.3) is 0 Å². The Morgan fingerprint density at radius 2 is 1.95 bits per heavy atom. The highest BCUT2D eigenvalue weighted by molar-refractivity contribution is 9.10. The molecule has 1 aromatic rings. The van der Waals surface area contributed by atoms with Crippen LogP contribution in [0, 0.1) is 0 Å². The van der Waals surface area contributed by atoms with E-state index in [2.05, 4.69) is 26.1 Å². The van der Waals surface area contributed by atoms with Gasteiger partial charge in [-0.2, -0.15) is 0 Å². The minimum atomic E-state index is -0.0821. The molecule has 2 heterocycles. The highest BCUT2D eigenvalue weighted by atomic mass is 79.9. The average molecular weight is 340 g/mol. The molecule has 0 spiro atoms. The van der Waals surface area contributed by atoms with E-state index in [4.69, 9.17) is 0 Å². The maximum atomic E-state index is 12.4. The van der Waals surface area contributed by atoms with Crippen molar-refractivity contribution in [2.24, 2.45) is 0 Å². The molecule has 0 saturated carbocycles. The van der Waals surface area contributed by atoms with Crippen molar-refractivity contribution in [3.05, 3.63) is 28.2 Å². The summed E-state index contributed by atoms with van der Waals surface area (Å²) in [4.78, 5) is 16.7. The zero-order chi connectivity index (χ0) is 14.1. The molecule has 1 amide bonds. The Morgan fingerprint density at radius 3 is 2.50 bits per heavy atom. The molecule has 0 radical (unpaired) electrons. The third-order valence-electron chi connectivity index (χ3n) is 4.07. The lowest BCUT2D eigenvalue weighted by Crippen LogP contribution is -2.62. The van der Waals surface area contributed by atoms with Gasteiger partial charge in [-0.15, -0.1) is 0 Å². The summed E-state index contributed by atoms with van der Waals surface area (Å²) in [6.45, 7) is 5.39. The second-order valence-corrected chi connectivity index (χ2v) is 6.22. The highest BCUT2D eigenvalue weighted by Gasteiger charge is 2.30. The SMILES string of the molecule is O=C(c1ccc(Br)cc1O)N1CCN(C2CNC2)CC1. The van der Waals surface area contributed by atoms with E-state index >= 15 is 0 Å². The van der Waals surface area contributed by atoms with E-state index in [-0.39, 0.29) is 11.7 Å². The van der Waals surface area contributed by atoms with Crippen LogP contribution in [0.2, 0.25) is 0 Å². The van der Waals surface area contributed by atoms with Gasteiger partial charge in [0.25, 0.3) is 5.91 Å². The van der Waals surface area contributed by atoms with Crippen molar-refractivity contribution in [3.63, 3.8) is 0 Å². The number of phenolic OH excluding ortho intramolecular Hbond substituents is 1. The van der Waals surface area contributed by atoms with Gasteiger partial charge in [-0.25, -0.2) is 0 Å². The van der Waals surface area contributed by atoms with Crippen LogP contribution in [0.5, 0.6) is 5.75 Å². The number of carbonyl (C=O) groups excluding carboxylic acids is 1. The van der Waals surface area contributed by atoms with Gasteiger partial charge in [0.2, 0.25) is 0 Å². The van der Waals surface area contributed by atoms with Crippen LogP contribution >= 0.6 is 15.9 Å². The first-order valence-corrected chi connectivity index (χ1v) is 7.67. The lowest BCUT2D eigenvalue weighted by molar-refractivity contribution is 0.0500. The molecule has 108 valence electrons. The normalized spacial score (nSPS) is 20.8. The number of piperazine rings is 1. The van der Waals surface area contributed by atoms with Crippen LogP contribution in [-0.2, 0) is 0 Å². The second kappa shape index (κ2) is 5.71. The summed E-state index contributed by atoms with van der Waals surface area (Å²) in [5, 5.41) is 13.2. The molecule has 2 fully saturated rings. The highest BCUT2D eigenvalue weighted by Crippen LogP contribution is 2.24. The Hall–Kier alpha value is -1.11. The van der Waals surface area contributed by atoms with Crippen molar-refractivity contribution in [1.82, 2.24) is 15.1 Å². The molecule has 2 saturated heterocycles. The third kappa shape index (κ3) is 2.68. The van der Waals surface area contributed by atoms with E-state index in [1.807, 2.05) is 4.90 Å². The monoisotopic (exact) mass is 339 g/mol. The number of hydrogen-bond acceptors (Lipinski definition) is 4. The lowest BCUT2D eigenvalue weighted by Gasteiger charge is -2.43. The largest absolute Gasteiger partial charge is 0.507 e. The molecule has 2 aliphatic rings. The molecule has 6 heteroatoms. The maximum absolute atomic E-state index is 12.4. The quantitative estimate of drug-likeness (QED) is 0.840. The molecule has 3 rings (SSSR count). The van der Waals surface area contributed by atoms with Gasteiger partial charge in [-0.3, -0.25) is 9.69 Å². The predicted molar refractivity (Wildman–Crippen MR) is 79.9 cm³/mol. The van der Waals surface area contributed by atoms with Crippen LogP contribution in [0.15, 0.2) is 22.7 Å². The maximum Gasteiger partial charge on any atom is 0.257 e. The average Bonchev–Trinajstić information content (AvgIpc) is 2.37. The summed E-state index contributed by atoms with van der Waals surface area (Å²) in [5.74, 6) is -0.0450. The summed E-state index contributed by atoms with van der Waals surface area (Å²) < 4.78 is 0.772. The Morgan fingerprint density at radius 1 is 1.25 bits per heavy atom. The fourth-order valence-electron chi connectivity index (χ4n) is 2.68. The van der Waals surface area contributed by atoms with Gasteiger partial charge in [-0.1, -0.05) is 15.9 Å². The number of nitrogens with one attached hydrogen (secondary N) is 1. The number of nitrogens with zero attached hydrogens (tertiary/aromatic N) is 2. The first-order chi connectivity index (χ1) is 9.65. The van der Waals surface area contributed by atoms with Gasteiger partial charge in [0.05, 0.1) is 5.56 Å². The van der Waals surface area contributed by atoms with Crippen molar-refractivity contribution in [1.29, 1.82) is 0 Å². The molecule has 0 atom stereocenters. The van der Waals surface area contributed by atoms with Crippen molar-refractivity contribution in [2.75, 3.05) is 39.3 Å². The van der Waals surface area contributed by atoms with E-state index in [1.54, 1.807) is 18.2 Å². The molecular weight excluding hydrogens is 322 g/mol. The molecule has 2 N–H and O–H groups in total. The molecule has 1 aromatic carbocycles. The van der Waals surface area contributed by atoms with Gasteiger partial charge in [0, 0.05) is 49.8 Å². The van der Waals surface area contributed by atoms with E-state index < -0.39 is 0 Å². The Labute approximate surface area is 126 Å². The number of aromatic hydroxyl groups is 1. The number of carbonyl (C=O) groups is 1. The lowest BCUT2D eigenvalue weighted by atomic mass is 10.1. The van der Waals surface area contributed by atoms with Crippen LogP contribution in [-0.4, -0.2) is 66.1 Å². The fourth-order valence-corrected chi connectivity index (χ4v) is 3.03. The van der Waals surface area contributed by atoms with Crippen molar-refractivity contribution >= 4 is 21.8 Å². The first-order valence-electron chi connectivity index (χ1n) is 6.88. The molecule has 20 heavy (non-hydrogen) atoms. The predicted octanol–water partition coefficient (Wildman–Crippen LogP) is 0.884. The fraction of sp³-hybridized carbons (Fsp3) is 0.500. The van der Waals surface area contributed by atoms with Gasteiger partial charge in [0.15, 0.2) is 0 Å². The van der Waals surface area contributed by atoms with Crippen LogP contribution in [0.4, 0.5) is 0 Å². The van der Waals surface area contributed by atoms with E-state index in [0.717, 1.165) is 43.7 Å². The van der Waals surface area contributed by atoms with Crippen LogP contribution in [0.1, 0.15) is 10.4 Å². The van der Waals surface area contributed by atoms with E-state index in [0.29, 0.717) is 11.6 Å². The van der Waals surface area contributed by atoms with E-state index in [1.165, 1.54) is 0 Å². The summed E-state index contributed by atoms with van der Waals surface area (Å²) in [6.07, 6.45) is 0. The third-order valence-corrected chi connectivity index (χ3v) is 4.56. The molecule has 0 aliphatic carbocycles. The number of benzene rings is 1. The molecule has 5 nitrogen and oxygen atoms in total. The molecule has 0 aromatic heterocycles. The van der Waals surface area contributed by atoms with Gasteiger partial charge < -0.3 is 15.3 Å². The minimum Gasteiger partial charge on any atom is -0.507 e. The van der Waals surface area contributed by atoms with Crippen molar-refractivity contribution in [2.45, 2.75) is 6.04 Å². The van der Waals surface area contributed by atoms with Gasteiger partial charge in [-0.05, 0) is 18.2 Å². The number of hydrogen-bond donors (Lipinski definition) is 2. The Balaban J connectivity index is 1.63. The van der Waals surface area contributed by atoms with Crippen molar-refractivity contribution < 1.29 is 9.90 Å². The van der Waals surface area contributed by atoms with Gasteiger partial charge >= 0.3 is 0 Å². The molecule has 0 bridgehead atoms. The summed E-state index contributed by atoms with van der Waals surface area (Å²) in [5.41, 5.74) is 0.381.